The molecule has 1 nitrogen and oxygen atoms in total. The van der Waals surface area contributed by atoms with Crippen LogP contribution in [0.1, 0.15) is 0 Å². The van der Waals surface area contributed by atoms with Crippen LogP contribution in [0.4, 0.5) is 4.39 Å². The lowest BCUT2D eigenvalue weighted by molar-refractivity contribution is 0.631. The summed E-state index contributed by atoms with van der Waals surface area (Å²) in [6.45, 7) is 0. The molecule has 0 radical (unpaired) electrons. The fourth-order valence-corrected chi connectivity index (χ4v) is 2.23. The molecule has 1 N–H and O–H groups in total. The zero-order chi connectivity index (χ0) is 11.8. The summed E-state index contributed by atoms with van der Waals surface area (Å²) in [6.07, 6.45) is 0. The van der Waals surface area contributed by atoms with Gasteiger partial charge in [-0.15, -0.1) is 0 Å². The Morgan fingerprint density at radius 3 is 2.59 bits per heavy atom. The van der Waals surface area contributed by atoms with E-state index in [2.05, 4.69) is 4.98 Å². The van der Waals surface area contributed by atoms with E-state index in [0.29, 0.717) is 16.3 Å². The maximum atomic E-state index is 13.8. The standard InChI is InChI=1S/C14H9ClFN/c15-10-5-3-6-11(16)14(10)13-8-9-4-1-2-7-12(9)17-13/h1-8,17H. The maximum Gasteiger partial charge on any atom is 0.134 e. The number of hydrogen-bond acceptors (Lipinski definition) is 0. The van der Waals surface area contributed by atoms with E-state index in [4.69, 9.17) is 11.6 Å². The SMILES string of the molecule is Fc1cccc(Cl)c1-c1cc2ccccc2[nH]1. The van der Waals surface area contributed by atoms with Crippen LogP contribution >= 0.6 is 11.6 Å². The van der Waals surface area contributed by atoms with E-state index in [9.17, 15) is 4.39 Å². The first-order valence-electron chi connectivity index (χ1n) is 5.28. The van der Waals surface area contributed by atoms with Gasteiger partial charge in [0.15, 0.2) is 0 Å². The second kappa shape index (κ2) is 3.90. The number of aromatic nitrogens is 1. The molecule has 0 amide bonds. The number of nitrogens with one attached hydrogen (secondary N) is 1. The highest BCUT2D eigenvalue weighted by atomic mass is 35.5. The Balaban J connectivity index is 2.27. The molecule has 1 aromatic heterocycles. The van der Waals surface area contributed by atoms with Crippen LogP contribution in [-0.2, 0) is 0 Å². The van der Waals surface area contributed by atoms with Crippen molar-refractivity contribution in [2.45, 2.75) is 0 Å². The van der Waals surface area contributed by atoms with Gasteiger partial charge in [-0.05, 0) is 24.3 Å². The van der Waals surface area contributed by atoms with E-state index in [1.807, 2.05) is 30.3 Å². The van der Waals surface area contributed by atoms with Crippen LogP contribution in [0.2, 0.25) is 5.02 Å². The average molecular weight is 246 g/mol. The smallest absolute Gasteiger partial charge is 0.134 e. The van der Waals surface area contributed by atoms with Gasteiger partial charge in [0.25, 0.3) is 0 Å². The van der Waals surface area contributed by atoms with Gasteiger partial charge in [0.1, 0.15) is 5.82 Å². The van der Waals surface area contributed by atoms with Crippen molar-refractivity contribution in [1.82, 2.24) is 4.98 Å². The minimum atomic E-state index is -0.316. The van der Waals surface area contributed by atoms with Gasteiger partial charge in [0.05, 0.1) is 16.3 Å². The molecular formula is C14H9ClFN. The topological polar surface area (TPSA) is 15.8 Å². The zero-order valence-electron chi connectivity index (χ0n) is 8.87. The Kier molecular flexibility index (Phi) is 2.37. The minimum Gasteiger partial charge on any atom is -0.354 e. The average Bonchev–Trinajstić information content (AvgIpc) is 2.71. The molecule has 0 aliphatic rings. The van der Waals surface area contributed by atoms with Crippen molar-refractivity contribution in [2.75, 3.05) is 0 Å². The molecule has 3 rings (SSSR count). The fraction of sp³-hybridized carbons (Fsp3) is 0. The number of H-pyrrole nitrogens is 1. The molecule has 0 spiro atoms. The first-order chi connectivity index (χ1) is 8.25. The van der Waals surface area contributed by atoms with E-state index in [0.717, 1.165) is 10.9 Å². The van der Waals surface area contributed by atoms with Crippen LogP contribution < -0.4 is 0 Å². The fourth-order valence-electron chi connectivity index (χ4n) is 1.96. The van der Waals surface area contributed by atoms with Gasteiger partial charge in [-0.25, -0.2) is 4.39 Å². The lowest BCUT2D eigenvalue weighted by Gasteiger charge is -2.02. The largest absolute Gasteiger partial charge is 0.354 e. The minimum absolute atomic E-state index is 0.316. The van der Waals surface area contributed by atoms with Crippen molar-refractivity contribution >= 4 is 22.5 Å². The molecule has 0 aliphatic heterocycles. The second-order valence-electron chi connectivity index (χ2n) is 3.87. The molecule has 0 fully saturated rings. The van der Waals surface area contributed by atoms with Crippen LogP contribution in [0.25, 0.3) is 22.2 Å². The summed E-state index contributed by atoms with van der Waals surface area (Å²) in [6, 6.07) is 14.4. The molecular weight excluding hydrogens is 237 g/mol. The van der Waals surface area contributed by atoms with Crippen LogP contribution in [0.15, 0.2) is 48.5 Å². The van der Waals surface area contributed by atoms with Crippen molar-refractivity contribution < 1.29 is 4.39 Å². The monoisotopic (exact) mass is 245 g/mol. The predicted molar refractivity (Wildman–Crippen MR) is 68.7 cm³/mol. The highest BCUT2D eigenvalue weighted by Crippen LogP contribution is 2.31. The first-order valence-corrected chi connectivity index (χ1v) is 5.65. The van der Waals surface area contributed by atoms with Crippen LogP contribution in [0.3, 0.4) is 0 Å². The summed E-state index contributed by atoms with van der Waals surface area (Å²) < 4.78 is 13.8. The number of rotatable bonds is 1. The second-order valence-corrected chi connectivity index (χ2v) is 4.27. The maximum absolute atomic E-state index is 13.8. The molecule has 3 aromatic rings. The molecule has 0 saturated carbocycles. The van der Waals surface area contributed by atoms with Gasteiger partial charge < -0.3 is 4.98 Å². The van der Waals surface area contributed by atoms with Gasteiger partial charge in [0.2, 0.25) is 0 Å². The Labute approximate surface area is 103 Å². The number of fused-ring (bicyclic) bond motifs is 1. The normalized spacial score (nSPS) is 10.9. The Morgan fingerprint density at radius 1 is 1.00 bits per heavy atom. The Bertz CT molecular complexity index is 634. The molecule has 2 aromatic carbocycles. The highest BCUT2D eigenvalue weighted by molar-refractivity contribution is 6.33. The van der Waals surface area contributed by atoms with Crippen molar-refractivity contribution in [3.63, 3.8) is 0 Å². The van der Waals surface area contributed by atoms with Crippen LogP contribution in [0.5, 0.6) is 0 Å². The van der Waals surface area contributed by atoms with E-state index >= 15 is 0 Å². The van der Waals surface area contributed by atoms with Gasteiger partial charge >= 0.3 is 0 Å². The summed E-state index contributed by atoms with van der Waals surface area (Å²) in [5.41, 5.74) is 2.10. The van der Waals surface area contributed by atoms with E-state index in [-0.39, 0.29) is 5.82 Å². The lowest BCUT2D eigenvalue weighted by Crippen LogP contribution is -1.85. The number of halogens is 2. The molecule has 0 atom stereocenters. The van der Waals surface area contributed by atoms with Gasteiger partial charge in [-0.3, -0.25) is 0 Å². The molecule has 0 unspecified atom stereocenters. The number of para-hydroxylation sites is 1. The molecule has 84 valence electrons. The van der Waals surface area contributed by atoms with Crippen molar-refractivity contribution in [1.29, 1.82) is 0 Å². The van der Waals surface area contributed by atoms with Crippen LogP contribution in [0, 0.1) is 5.82 Å². The van der Waals surface area contributed by atoms with Crippen LogP contribution in [-0.4, -0.2) is 4.98 Å². The van der Waals surface area contributed by atoms with E-state index in [1.54, 1.807) is 12.1 Å². The lowest BCUT2D eigenvalue weighted by atomic mass is 10.1. The van der Waals surface area contributed by atoms with Crippen molar-refractivity contribution in [3.05, 3.63) is 59.4 Å². The summed E-state index contributed by atoms with van der Waals surface area (Å²) in [5.74, 6) is -0.316. The van der Waals surface area contributed by atoms with Gasteiger partial charge in [-0.2, -0.15) is 0 Å². The van der Waals surface area contributed by atoms with E-state index < -0.39 is 0 Å². The van der Waals surface area contributed by atoms with E-state index in [1.165, 1.54) is 6.07 Å². The molecule has 0 bridgehead atoms. The zero-order valence-corrected chi connectivity index (χ0v) is 9.63. The van der Waals surface area contributed by atoms with Gasteiger partial charge in [-0.1, -0.05) is 35.9 Å². The third-order valence-corrected chi connectivity index (χ3v) is 3.08. The van der Waals surface area contributed by atoms with Crippen molar-refractivity contribution in [3.8, 4) is 11.3 Å². The Hall–Kier alpha value is -1.80. The third-order valence-electron chi connectivity index (χ3n) is 2.76. The number of hydrogen-bond donors (Lipinski definition) is 1. The highest BCUT2D eigenvalue weighted by Gasteiger charge is 2.11. The molecule has 0 aliphatic carbocycles. The summed E-state index contributed by atoms with van der Waals surface area (Å²) in [4.78, 5) is 3.17. The summed E-state index contributed by atoms with van der Waals surface area (Å²) in [5, 5.41) is 1.46. The molecule has 17 heavy (non-hydrogen) atoms. The number of benzene rings is 2. The molecule has 0 saturated heterocycles. The Morgan fingerprint density at radius 2 is 1.82 bits per heavy atom. The van der Waals surface area contributed by atoms with Gasteiger partial charge in [0, 0.05) is 10.9 Å². The summed E-state index contributed by atoms with van der Waals surface area (Å²) >= 11 is 6.03. The molecule has 3 heteroatoms. The quantitative estimate of drug-likeness (QED) is 0.644. The first kappa shape index (κ1) is 10.4. The number of aromatic amines is 1. The predicted octanol–water partition coefficient (Wildman–Crippen LogP) is 4.63. The third kappa shape index (κ3) is 1.71. The van der Waals surface area contributed by atoms with Crippen molar-refractivity contribution in [2.24, 2.45) is 0 Å². The molecule has 1 heterocycles. The summed E-state index contributed by atoms with van der Waals surface area (Å²) in [7, 11) is 0.